The zero-order valence-corrected chi connectivity index (χ0v) is 18.4. The van der Waals surface area contributed by atoms with Gasteiger partial charge in [0.2, 0.25) is 0 Å². The molecule has 2 aromatic heterocycles. The predicted molar refractivity (Wildman–Crippen MR) is 132 cm³/mol. The van der Waals surface area contributed by atoms with Crippen LogP contribution in [-0.4, -0.2) is 9.55 Å². The summed E-state index contributed by atoms with van der Waals surface area (Å²) in [4.78, 5) is 17.9. The zero-order chi connectivity index (χ0) is 23.3. The van der Waals surface area contributed by atoms with Gasteiger partial charge in [-0.25, -0.2) is 9.37 Å². The number of furan rings is 1. The van der Waals surface area contributed by atoms with Crippen LogP contribution in [0.1, 0.15) is 18.4 Å². The molecule has 1 N–H and O–H groups in total. The van der Waals surface area contributed by atoms with E-state index in [2.05, 4.69) is 29.0 Å². The van der Waals surface area contributed by atoms with Crippen LogP contribution in [0.25, 0.3) is 33.3 Å². The molecular weight excluding hydrogens is 429 g/mol. The van der Waals surface area contributed by atoms with Crippen molar-refractivity contribution >= 4 is 27.6 Å². The highest BCUT2D eigenvalue weighted by atomic mass is 19.1. The number of anilines is 1. The first-order valence-electron chi connectivity index (χ1n) is 11.3. The number of hydrogen-bond donors (Lipinski definition) is 1. The van der Waals surface area contributed by atoms with E-state index in [0.29, 0.717) is 5.69 Å². The number of allylic oxidation sites excluding steroid dienone is 1. The van der Waals surface area contributed by atoms with Crippen molar-refractivity contribution in [3.8, 4) is 11.4 Å². The molecule has 1 aliphatic carbocycles. The van der Waals surface area contributed by atoms with Gasteiger partial charge in [0, 0.05) is 17.3 Å². The van der Waals surface area contributed by atoms with E-state index in [9.17, 15) is 9.18 Å². The van der Waals surface area contributed by atoms with Gasteiger partial charge in [-0.3, -0.25) is 9.36 Å². The van der Waals surface area contributed by atoms with Gasteiger partial charge in [-0.05, 0) is 48.7 Å². The van der Waals surface area contributed by atoms with E-state index in [0.717, 1.165) is 40.3 Å². The lowest BCUT2D eigenvalue weighted by atomic mass is 10.0. The van der Waals surface area contributed by atoms with Crippen molar-refractivity contribution in [1.29, 1.82) is 0 Å². The Labute approximate surface area is 195 Å². The number of halogens is 1. The molecule has 6 rings (SSSR count). The lowest BCUT2D eigenvalue weighted by molar-refractivity contribution is 0.626. The van der Waals surface area contributed by atoms with E-state index >= 15 is 0 Å². The summed E-state index contributed by atoms with van der Waals surface area (Å²) in [5, 5.41) is 5.58. The van der Waals surface area contributed by atoms with Crippen LogP contribution < -0.4 is 10.9 Å². The summed E-state index contributed by atoms with van der Waals surface area (Å²) in [5.74, 6) is -0.142. The van der Waals surface area contributed by atoms with Gasteiger partial charge < -0.3 is 9.73 Å². The minimum absolute atomic E-state index is 0.227. The topological polar surface area (TPSA) is 60.1 Å². The van der Waals surface area contributed by atoms with Crippen molar-refractivity contribution in [1.82, 2.24) is 9.55 Å². The lowest BCUT2D eigenvalue weighted by Gasteiger charge is -2.20. The number of nitrogens with one attached hydrogen (secondary N) is 1. The highest BCUT2D eigenvalue weighted by Crippen LogP contribution is 2.49. The van der Waals surface area contributed by atoms with E-state index in [-0.39, 0.29) is 29.0 Å². The molecule has 1 aliphatic rings. The molecular formula is C28H22FN3O2. The van der Waals surface area contributed by atoms with Crippen molar-refractivity contribution in [2.45, 2.75) is 24.9 Å². The molecule has 0 amide bonds. The fraction of sp³-hybridized carbons (Fsp3) is 0.143. The van der Waals surface area contributed by atoms with Crippen LogP contribution in [0.3, 0.4) is 0 Å². The van der Waals surface area contributed by atoms with Gasteiger partial charge in [-0.2, -0.15) is 0 Å². The SMILES string of the molecule is C=CCn1c(-c2ccccc2F)ncc(NC2(c3ccc4oc5ccccc5c4c3)CC2)c1=O. The van der Waals surface area contributed by atoms with Crippen LogP contribution in [0, 0.1) is 5.82 Å². The Kier molecular flexibility index (Phi) is 4.62. The third-order valence-electron chi connectivity index (χ3n) is 6.53. The molecule has 168 valence electrons. The van der Waals surface area contributed by atoms with Crippen LogP contribution in [0.15, 0.2) is 94.8 Å². The van der Waals surface area contributed by atoms with E-state index < -0.39 is 5.82 Å². The summed E-state index contributed by atoms with van der Waals surface area (Å²) in [6, 6.07) is 20.5. The van der Waals surface area contributed by atoms with Crippen LogP contribution in [0.4, 0.5) is 10.1 Å². The van der Waals surface area contributed by atoms with E-state index in [1.54, 1.807) is 24.3 Å². The molecule has 6 heteroatoms. The summed E-state index contributed by atoms with van der Waals surface area (Å²) in [7, 11) is 0. The molecule has 5 nitrogen and oxygen atoms in total. The lowest BCUT2D eigenvalue weighted by Crippen LogP contribution is -2.30. The normalized spacial score (nSPS) is 14.4. The second kappa shape index (κ2) is 7.70. The molecule has 2 heterocycles. The smallest absolute Gasteiger partial charge is 0.277 e. The summed E-state index contributed by atoms with van der Waals surface area (Å²) < 4.78 is 21.9. The van der Waals surface area contributed by atoms with Crippen LogP contribution in [0.5, 0.6) is 0 Å². The summed E-state index contributed by atoms with van der Waals surface area (Å²) in [6.45, 7) is 3.98. The van der Waals surface area contributed by atoms with Gasteiger partial charge in [0.15, 0.2) is 0 Å². The van der Waals surface area contributed by atoms with Crippen molar-refractivity contribution in [2.24, 2.45) is 0 Å². The Balaban J connectivity index is 1.41. The summed E-state index contributed by atoms with van der Waals surface area (Å²) in [6.07, 6.45) is 4.91. The molecule has 5 aromatic rings. The van der Waals surface area contributed by atoms with Gasteiger partial charge in [0.1, 0.15) is 28.5 Å². The number of fused-ring (bicyclic) bond motifs is 3. The molecule has 0 bridgehead atoms. The Morgan fingerprint density at radius 3 is 2.62 bits per heavy atom. The number of para-hydroxylation sites is 1. The Bertz CT molecular complexity index is 1630. The third-order valence-corrected chi connectivity index (χ3v) is 6.53. The van der Waals surface area contributed by atoms with Gasteiger partial charge in [0.25, 0.3) is 5.56 Å². The van der Waals surface area contributed by atoms with Crippen LogP contribution >= 0.6 is 0 Å². The number of rotatable bonds is 6. The fourth-order valence-corrected chi connectivity index (χ4v) is 4.63. The maximum absolute atomic E-state index is 14.4. The van der Waals surface area contributed by atoms with Gasteiger partial charge in [0.05, 0.1) is 17.3 Å². The number of aromatic nitrogens is 2. The molecule has 0 saturated heterocycles. The second-order valence-corrected chi connectivity index (χ2v) is 8.70. The molecule has 0 atom stereocenters. The monoisotopic (exact) mass is 451 g/mol. The first-order chi connectivity index (χ1) is 16.6. The zero-order valence-electron chi connectivity index (χ0n) is 18.4. The second-order valence-electron chi connectivity index (χ2n) is 8.70. The highest BCUT2D eigenvalue weighted by molar-refractivity contribution is 6.05. The molecule has 0 radical (unpaired) electrons. The van der Waals surface area contributed by atoms with Gasteiger partial charge >= 0.3 is 0 Å². The quantitative estimate of drug-likeness (QED) is 0.311. The molecule has 1 saturated carbocycles. The Hall–Kier alpha value is -4.19. The molecule has 1 fully saturated rings. The predicted octanol–water partition coefficient (Wildman–Crippen LogP) is 6.24. The van der Waals surface area contributed by atoms with Gasteiger partial charge in [-0.15, -0.1) is 6.58 Å². The van der Waals surface area contributed by atoms with Crippen molar-refractivity contribution < 1.29 is 8.81 Å². The average Bonchev–Trinajstić information content (AvgIpc) is 3.54. The van der Waals surface area contributed by atoms with Gasteiger partial charge in [-0.1, -0.05) is 42.5 Å². The first-order valence-corrected chi connectivity index (χ1v) is 11.3. The van der Waals surface area contributed by atoms with Crippen LogP contribution in [-0.2, 0) is 12.1 Å². The molecule has 3 aromatic carbocycles. The number of hydrogen-bond acceptors (Lipinski definition) is 4. The minimum atomic E-state index is -0.424. The average molecular weight is 452 g/mol. The Morgan fingerprint density at radius 2 is 1.82 bits per heavy atom. The van der Waals surface area contributed by atoms with E-state index in [1.807, 2.05) is 30.3 Å². The third kappa shape index (κ3) is 3.22. The number of nitrogens with zero attached hydrogens (tertiary/aromatic N) is 2. The van der Waals surface area contributed by atoms with Crippen LogP contribution in [0.2, 0.25) is 0 Å². The molecule has 0 spiro atoms. The summed E-state index contributed by atoms with van der Waals surface area (Å²) in [5.41, 5.74) is 2.85. The van der Waals surface area contributed by atoms with Crippen molar-refractivity contribution in [3.63, 3.8) is 0 Å². The Morgan fingerprint density at radius 1 is 1.06 bits per heavy atom. The maximum atomic E-state index is 14.4. The van der Waals surface area contributed by atoms with E-state index in [1.165, 1.54) is 16.8 Å². The highest BCUT2D eigenvalue weighted by Gasteiger charge is 2.45. The minimum Gasteiger partial charge on any atom is -0.456 e. The first kappa shape index (κ1) is 20.4. The molecule has 0 aliphatic heterocycles. The molecule has 0 unspecified atom stereocenters. The maximum Gasteiger partial charge on any atom is 0.277 e. The summed E-state index contributed by atoms with van der Waals surface area (Å²) >= 11 is 0. The van der Waals surface area contributed by atoms with E-state index in [4.69, 9.17) is 4.42 Å². The van der Waals surface area contributed by atoms with Crippen molar-refractivity contribution in [2.75, 3.05) is 5.32 Å². The molecule has 34 heavy (non-hydrogen) atoms. The standard InChI is InChI=1S/C28H22FN3O2/c1-2-15-32-26(20-8-3-5-9-22(20)29)30-17-23(27(32)33)31-28(13-14-28)18-11-12-25-21(16-18)19-7-4-6-10-24(19)34-25/h2-12,16-17,31H,1,13-15H2. The fourth-order valence-electron chi connectivity index (χ4n) is 4.63. The van der Waals surface area contributed by atoms with Crippen molar-refractivity contribution in [3.05, 3.63) is 107 Å². The number of benzene rings is 3. The largest absolute Gasteiger partial charge is 0.456 e.